The van der Waals surface area contributed by atoms with Gasteiger partial charge in [0.1, 0.15) is 0 Å². The summed E-state index contributed by atoms with van der Waals surface area (Å²) in [7, 11) is 0. The average molecular weight is 241 g/mol. The molecule has 1 fully saturated rings. The Balaban J connectivity index is 2.00. The molecule has 0 aliphatic heterocycles. The fourth-order valence-electron chi connectivity index (χ4n) is 2.53. The molecule has 3 rings (SSSR count). The van der Waals surface area contributed by atoms with Crippen LogP contribution in [0.3, 0.4) is 0 Å². The van der Waals surface area contributed by atoms with Crippen LogP contribution in [0, 0.1) is 5.92 Å². The number of nitrogens with one attached hydrogen (secondary N) is 1. The number of fused-ring (bicyclic) bond motifs is 1. The first-order chi connectivity index (χ1) is 8.90. The van der Waals surface area contributed by atoms with Crippen molar-refractivity contribution in [2.75, 3.05) is 6.54 Å². The molecule has 1 aromatic carbocycles. The van der Waals surface area contributed by atoms with E-state index >= 15 is 0 Å². The Morgan fingerprint density at radius 2 is 2.11 bits per heavy atom. The molecular formula is C15H19N3. The molecule has 0 bridgehead atoms. The summed E-state index contributed by atoms with van der Waals surface area (Å²) in [5.41, 5.74) is 3.37. The van der Waals surface area contributed by atoms with Crippen LogP contribution in [0.5, 0.6) is 0 Å². The van der Waals surface area contributed by atoms with Crippen LogP contribution < -0.4 is 5.32 Å². The highest BCUT2D eigenvalue weighted by molar-refractivity contribution is 5.78. The van der Waals surface area contributed by atoms with E-state index in [9.17, 15) is 0 Å². The lowest BCUT2D eigenvalue weighted by Gasteiger charge is -2.19. The molecule has 1 unspecified atom stereocenters. The zero-order chi connectivity index (χ0) is 12.4. The van der Waals surface area contributed by atoms with Crippen molar-refractivity contribution >= 4 is 11.0 Å². The molecule has 1 aliphatic carbocycles. The molecular weight excluding hydrogens is 222 g/mol. The summed E-state index contributed by atoms with van der Waals surface area (Å²) >= 11 is 0. The molecule has 0 radical (unpaired) electrons. The predicted molar refractivity (Wildman–Crippen MR) is 73.3 cm³/mol. The molecule has 0 saturated heterocycles. The van der Waals surface area contributed by atoms with Crippen molar-refractivity contribution < 1.29 is 0 Å². The number of hydrogen-bond acceptors (Lipinski definition) is 3. The zero-order valence-electron chi connectivity index (χ0n) is 10.8. The number of rotatable bonds is 5. The highest BCUT2D eigenvalue weighted by Crippen LogP contribution is 2.42. The molecule has 1 heterocycles. The van der Waals surface area contributed by atoms with Crippen molar-refractivity contribution in [3.05, 3.63) is 36.2 Å². The SMILES string of the molecule is CCCNC(c1cccc2nccnc12)C1CC1. The maximum atomic E-state index is 4.52. The first kappa shape index (κ1) is 11.6. The number of nitrogens with zero attached hydrogens (tertiary/aromatic N) is 2. The summed E-state index contributed by atoms with van der Waals surface area (Å²) in [6, 6.07) is 6.78. The van der Waals surface area contributed by atoms with E-state index in [1.165, 1.54) is 24.8 Å². The molecule has 0 amide bonds. The number of benzene rings is 1. The molecule has 1 aromatic heterocycles. The molecule has 3 nitrogen and oxygen atoms in total. The van der Waals surface area contributed by atoms with Crippen molar-refractivity contribution in [2.45, 2.75) is 32.2 Å². The lowest BCUT2D eigenvalue weighted by atomic mass is 10.0. The van der Waals surface area contributed by atoms with Gasteiger partial charge in [-0.25, -0.2) is 0 Å². The molecule has 0 spiro atoms. The van der Waals surface area contributed by atoms with E-state index in [2.05, 4.69) is 34.3 Å². The van der Waals surface area contributed by atoms with Crippen LogP contribution in [-0.2, 0) is 0 Å². The lowest BCUT2D eigenvalue weighted by Crippen LogP contribution is -2.24. The summed E-state index contributed by atoms with van der Waals surface area (Å²) in [5, 5.41) is 3.67. The monoisotopic (exact) mass is 241 g/mol. The third-order valence-corrected chi connectivity index (χ3v) is 3.57. The predicted octanol–water partition coefficient (Wildman–Crippen LogP) is 3.08. The van der Waals surface area contributed by atoms with Crippen LogP contribution in [0.25, 0.3) is 11.0 Å². The fourth-order valence-corrected chi connectivity index (χ4v) is 2.53. The first-order valence-corrected chi connectivity index (χ1v) is 6.83. The zero-order valence-corrected chi connectivity index (χ0v) is 10.8. The third-order valence-electron chi connectivity index (χ3n) is 3.57. The minimum Gasteiger partial charge on any atom is -0.310 e. The second-order valence-electron chi connectivity index (χ2n) is 5.04. The van der Waals surface area contributed by atoms with Crippen LogP contribution in [-0.4, -0.2) is 16.5 Å². The van der Waals surface area contributed by atoms with E-state index < -0.39 is 0 Å². The van der Waals surface area contributed by atoms with E-state index in [0.29, 0.717) is 6.04 Å². The van der Waals surface area contributed by atoms with Gasteiger partial charge in [-0.15, -0.1) is 0 Å². The van der Waals surface area contributed by atoms with Gasteiger partial charge in [0, 0.05) is 18.4 Å². The van der Waals surface area contributed by atoms with Gasteiger partial charge < -0.3 is 5.32 Å². The maximum absolute atomic E-state index is 4.52. The second kappa shape index (κ2) is 5.02. The fraction of sp³-hybridized carbons (Fsp3) is 0.467. The van der Waals surface area contributed by atoms with Crippen molar-refractivity contribution in [1.29, 1.82) is 0 Å². The van der Waals surface area contributed by atoms with Crippen LogP contribution >= 0.6 is 0 Å². The number of hydrogen-bond donors (Lipinski definition) is 1. The Morgan fingerprint density at radius 1 is 1.28 bits per heavy atom. The van der Waals surface area contributed by atoms with Gasteiger partial charge in [-0.1, -0.05) is 19.1 Å². The second-order valence-corrected chi connectivity index (χ2v) is 5.04. The highest BCUT2D eigenvalue weighted by Gasteiger charge is 2.32. The summed E-state index contributed by atoms with van der Waals surface area (Å²) < 4.78 is 0. The van der Waals surface area contributed by atoms with Gasteiger partial charge in [0.2, 0.25) is 0 Å². The van der Waals surface area contributed by atoms with Crippen LogP contribution in [0.15, 0.2) is 30.6 Å². The Morgan fingerprint density at radius 3 is 2.89 bits per heavy atom. The third kappa shape index (κ3) is 2.23. The molecule has 2 aromatic rings. The molecule has 1 atom stereocenters. The van der Waals surface area contributed by atoms with Gasteiger partial charge >= 0.3 is 0 Å². The molecule has 1 aliphatic rings. The standard InChI is InChI=1S/C15H19N3/c1-2-8-17-14(11-6-7-11)12-4-3-5-13-15(12)18-10-9-16-13/h3-5,9-11,14,17H,2,6-8H2,1H3. The van der Waals surface area contributed by atoms with Gasteiger partial charge in [-0.05, 0) is 43.4 Å². The Kier molecular flexibility index (Phi) is 3.24. The molecule has 1 saturated carbocycles. The minimum atomic E-state index is 0.449. The van der Waals surface area contributed by atoms with Gasteiger partial charge in [0.25, 0.3) is 0 Å². The Labute approximate surface area is 108 Å². The number of para-hydroxylation sites is 1. The molecule has 94 valence electrons. The largest absolute Gasteiger partial charge is 0.310 e. The summed E-state index contributed by atoms with van der Waals surface area (Å²) in [5.74, 6) is 0.782. The minimum absolute atomic E-state index is 0.449. The normalized spacial score (nSPS) is 16.9. The van der Waals surface area contributed by atoms with Gasteiger partial charge in [0.15, 0.2) is 0 Å². The summed E-state index contributed by atoms with van der Waals surface area (Å²) in [6.07, 6.45) is 7.38. The van der Waals surface area contributed by atoms with E-state index in [1.807, 2.05) is 6.07 Å². The smallest absolute Gasteiger partial charge is 0.0934 e. The van der Waals surface area contributed by atoms with Crippen molar-refractivity contribution in [2.24, 2.45) is 5.92 Å². The highest BCUT2D eigenvalue weighted by atomic mass is 14.9. The van der Waals surface area contributed by atoms with Crippen molar-refractivity contribution in [3.8, 4) is 0 Å². The van der Waals surface area contributed by atoms with E-state index in [1.54, 1.807) is 12.4 Å². The summed E-state index contributed by atoms with van der Waals surface area (Å²) in [4.78, 5) is 8.91. The van der Waals surface area contributed by atoms with E-state index in [-0.39, 0.29) is 0 Å². The lowest BCUT2D eigenvalue weighted by molar-refractivity contribution is 0.483. The first-order valence-electron chi connectivity index (χ1n) is 6.83. The molecule has 3 heteroatoms. The quantitative estimate of drug-likeness (QED) is 0.874. The van der Waals surface area contributed by atoms with Gasteiger partial charge in [0.05, 0.1) is 11.0 Å². The van der Waals surface area contributed by atoms with Crippen LogP contribution in [0.2, 0.25) is 0 Å². The maximum Gasteiger partial charge on any atom is 0.0934 e. The Hall–Kier alpha value is -1.48. The van der Waals surface area contributed by atoms with Gasteiger partial charge in [-0.3, -0.25) is 9.97 Å². The Bertz CT molecular complexity index is 529. The average Bonchev–Trinajstić information content (AvgIpc) is 3.24. The molecule has 1 N–H and O–H groups in total. The van der Waals surface area contributed by atoms with Crippen molar-refractivity contribution in [3.63, 3.8) is 0 Å². The van der Waals surface area contributed by atoms with E-state index in [0.717, 1.165) is 23.5 Å². The topological polar surface area (TPSA) is 37.8 Å². The molecule has 18 heavy (non-hydrogen) atoms. The number of aromatic nitrogens is 2. The summed E-state index contributed by atoms with van der Waals surface area (Å²) in [6.45, 7) is 3.28. The van der Waals surface area contributed by atoms with Crippen LogP contribution in [0.1, 0.15) is 37.8 Å². The van der Waals surface area contributed by atoms with Gasteiger partial charge in [-0.2, -0.15) is 0 Å². The van der Waals surface area contributed by atoms with Crippen molar-refractivity contribution in [1.82, 2.24) is 15.3 Å². The van der Waals surface area contributed by atoms with E-state index in [4.69, 9.17) is 0 Å². The van der Waals surface area contributed by atoms with Crippen LogP contribution in [0.4, 0.5) is 0 Å².